The van der Waals surface area contributed by atoms with Crippen LogP contribution in [0.3, 0.4) is 0 Å². The van der Waals surface area contributed by atoms with Crippen molar-refractivity contribution in [2.45, 2.75) is 32.9 Å². The Labute approximate surface area is 155 Å². The van der Waals surface area contributed by atoms with Crippen LogP contribution in [-0.4, -0.2) is 42.9 Å². The fourth-order valence-electron chi connectivity index (χ4n) is 3.46. The molecule has 1 aliphatic rings. The summed E-state index contributed by atoms with van der Waals surface area (Å²) in [6.45, 7) is 6.17. The molecule has 0 aliphatic carbocycles. The number of hydrogen-bond donors (Lipinski definition) is 2. The number of carbonyl (C=O) groups is 1. The highest BCUT2D eigenvalue weighted by Gasteiger charge is 2.27. The predicted molar refractivity (Wildman–Crippen MR) is 107 cm³/mol. The molecule has 26 heavy (non-hydrogen) atoms. The number of nitrogens with zero attached hydrogens (tertiary/aromatic N) is 2. The molecule has 1 fully saturated rings. The largest absolute Gasteiger partial charge is 0.352 e. The Bertz CT molecular complexity index is 794. The van der Waals surface area contributed by atoms with Crippen molar-refractivity contribution in [1.29, 1.82) is 0 Å². The van der Waals surface area contributed by atoms with E-state index in [0.29, 0.717) is 6.54 Å². The minimum absolute atomic E-state index is 0.0533. The van der Waals surface area contributed by atoms with Crippen LogP contribution in [0.15, 0.2) is 47.5 Å². The zero-order valence-electron chi connectivity index (χ0n) is 15.8. The van der Waals surface area contributed by atoms with E-state index in [2.05, 4.69) is 58.1 Å². The molecule has 1 aliphatic heterocycles. The topological polar surface area (TPSA) is 56.7 Å². The second kappa shape index (κ2) is 8.21. The normalized spacial score (nSPS) is 17.8. The van der Waals surface area contributed by atoms with Crippen LogP contribution in [0.1, 0.15) is 25.8 Å². The van der Waals surface area contributed by atoms with Crippen molar-refractivity contribution in [2.24, 2.45) is 10.9 Å². The first kappa shape index (κ1) is 18.2. The highest BCUT2D eigenvalue weighted by atomic mass is 16.2. The molecular formula is C21H28N4O. The van der Waals surface area contributed by atoms with Crippen LogP contribution in [0.5, 0.6) is 0 Å². The Morgan fingerprint density at radius 1 is 1.23 bits per heavy atom. The fourth-order valence-corrected chi connectivity index (χ4v) is 3.46. The van der Waals surface area contributed by atoms with Gasteiger partial charge in [-0.25, -0.2) is 0 Å². The highest BCUT2D eigenvalue weighted by molar-refractivity contribution is 5.86. The number of fused-ring (bicyclic) bond motifs is 1. The Kier molecular flexibility index (Phi) is 5.76. The highest BCUT2D eigenvalue weighted by Crippen LogP contribution is 2.18. The maximum atomic E-state index is 12.1. The summed E-state index contributed by atoms with van der Waals surface area (Å²) < 4.78 is 0. The lowest BCUT2D eigenvalue weighted by atomic mass is 10.0. The number of nitrogens with one attached hydrogen (secondary N) is 2. The molecule has 1 saturated heterocycles. The summed E-state index contributed by atoms with van der Waals surface area (Å²) in [6.07, 6.45) is 0.952. The summed E-state index contributed by atoms with van der Waals surface area (Å²) in [5.74, 6) is 1.06. The maximum Gasteiger partial charge on any atom is 0.225 e. The van der Waals surface area contributed by atoms with Gasteiger partial charge in [0.05, 0.1) is 0 Å². The summed E-state index contributed by atoms with van der Waals surface area (Å²) in [4.78, 5) is 18.4. The Hall–Kier alpha value is -2.56. The van der Waals surface area contributed by atoms with Crippen molar-refractivity contribution in [1.82, 2.24) is 15.5 Å². The molecule has 2 aromatic rings. The van der Waals surface area contributed by atoms with Gasteiger partial charge < -0.3 is 15.5 Å². The molecule has 1 atom stereocenters. The lowest BCUT2D eigenvalue weighted by molar-refractivity contribution is -0.133. The SMILES string of the molecule is CN=C(NCc1cccc2ccccc12)NC1CCN(C(=O)C(C)C)C1. The van der Waals surface area contributed by atoms with Crippen LogP contribution in [-0.2, 0) is 11.3 Å². The number of aliphatic imine (C=N–C) groups is 1. The number of likely N-dealkylation sites (tertiary alicyclic amines) is 1. The second-order valence-corrected chi connectivity index (χ2v) is 7.13. The van der Waals surface area contributed by atoms with E-state index in [1.54, 1.807) is 7.05 Å². The standard InChI is InChI=1S/C21H28N4O/c1-15(2)20(26)25-12-11-18(14-25)24-21(22-3)23-13-17-9-6-8-16-7-4-5-10-19(16)17/h4-10,15,18H,11-14H2,1-3H3,(H2,22,23,24). The van der Waals surface area contributed by atoms with Crippen molar-refractivity contribution in [2.75, 3.05) is 20.1 Å². The number of carbonyl (C=O) groups excluding carboxylic acids is 1. The van der Waals surface area contributed by atoms with Gasteiger partial charge in [-0.05, 0) is 22.8 Å². The van der Waals surface area contributed by atoms with Crippen LogP contribution in [0.2, 0.25) is 0 Å². The zero-order chi connectivity index (χ0) is 18.5. The number of benzene rings is 2. The van der Waals surface area contributed by atoms with Gasteiger partial charge in [0.25, 0.3) is 0 Å². The molecule has 0 saturated carbocycles. The third-order valence-electron chi connectivity index (χ3n) is 4.88. The third-order valence-corrected chi connectivity index (χ3v) is 4.88. The van der Waals surface area contributed by atoms with E-state index >= 15 is 0 Å². The summed E-state index contributed by atoms with van der Waals surface area (Å²) in [5.41, 5.74) is 1.24. The van der Waals surface area contributed by atoms with Crippen LogP contribution in [0.4, 0.5) is 0 Å². The minimum Gasteiger partial charge on any atom is -0.352 e. The fraction of sp³-hybridized carbons (Fsp3) is 0.429. The first-order valence-electron chi connectivity index (χ1n) is 9.31. The van der Waals surface area contributed by atoms with E-state index in [1.165, 1.54) is 16.3 Å². The summed E-state index contributed by atoms with van der Waals surface area (Å²) >= 11 is 0. The Morgan fingerprint density at radius 2 is 2.00 bits per heavy atom. The van der Waals surface area contributed by atoms with Gasteiger partial charge in [0.2, 0.25) is 5.91 Å². The molecule has 138 valence electrons. The molecule has 2 aromatic carbocycles. The van der Waals surface area contributed by atoms with E-state index in [4.69, 9.17) is 0 Å². The number of amides is 1. The van der Waals surface area contributed by atoms with Gasteiger partial charge in [-0.1, -0.05) is 56.3 Å². The smallest absolute Gasteiger partial charge is 0.225 e. The third kappa shape index (κ3) is 4.15. The van der Waals surface area contributed by atoms with Gasteiger partial charge in [-0.2, -0.15) is 0 Å². The van der Waals surface area contributed by atoms with E-state index in [1.807, 2.05) is 18.7 Å². The predicted octanol–water partition coefficient (Wildman–Crippen LogP) is 2.76. The molecule has 0 radical (unpaired) electrons. The molecule has 2 N–H and O–H groups in total. The summed E-state index contributed by atoms with van der Waals surface area (Å²) in [5, 5.41) is 9.36. The average Bonchev–Trinajstić information content (AvgIpc) is 3.12. The molecule has 0 aromatic heterocycles. The van der Waals surface area contributed by atoms with Crippen molar-refractivity contribution >= 4 is 22.6 Å². The summed E-state index contributed by atoms with van der Waals surface area (Å²) in [6, 6.07) is 15.0. The van der Waals surface area contributed by atoms with Gasteiger partial charge >= 0.3 is 0 Å². The first-order chi connectivity index (χ1) is 12.6. The van der Waals surface area contributed by atoms with E-state index in [0.717, 1.165) is 25.5 Å². The van der Waals surface area contributed by atoms with Crippen molar-refractivity contribution < 1.29 is 4.79 Å². The molecule has 5 heteroatoms. The zero-order valence-corrected chi connectivity index (χ0v) is 15.8. The van der Waals surface area contributed by atoms with Crippen LogP contribution in [0, 0.1) is 5.92 Å². The lowest BCUT2D eigenvalue weighted by Crippen LogP contribution is -2.45. The molecule has 1 heterocycles. The monoisotopic (exact) mass is 352 g/mol. The molecule has 1 unspecified atom stereocenters. The lowest BCUT2D eigenvalue weighted by Gasteiger charge is -2.20. The van der Waals surface area contributed by atoms with Crippen LogP contribution < -0.4 is 10.6 Å². The molecule has 3 rings (SSSR count). The Balaban J connectivity index is 1.58. The van der Waals surface area contributed by atoms with Crippen molar-refractivity contribution in [3.05, 3.63) is 48.0 Å². The average molecular weight is 352 g/mol. The van der Waals surface area contributed by atoms with Gasteiger partial charge in [0, 0.05) is 38.6 Å². The van der Waals surface area contributed by atoms with Crippen LogP contribution in [0.25, 0.3) is 10.8 Å². The molecule has 1 amide bonds. The molecule has 0 bridgehead atoms. The molecule has 5 nitrogen and oxygen atoms in total. The van der Waals surface area contributed by atoms with Crippen LogP contribution >= 0.6 is 0 Å². The first-order valence-corrected chi connectivity index (χ1v) is 9.31. The Morgan fingerprint density at radius 3 is 2.77 bits per heavy atom. The van der Waals surface area contributed by atoms with Gasteiger partial charge in [-0.15, -0.1) is 0 Å². The van der Waals surface area contributed by atoms with E-state index in [9.17, 15) is 4.79 Å². The number of hydrogen-bond acceptors (Lipinski definition) is 2. The van der Waals surface area contributed by atoms with Gasteiger partial charge in [0.15, 0.2) is 5.96 Å². The van der Waals surface area contributed by atoms with E-state index < -0.39 is 0 Å². The minimum atomic E-state index is 0.0533. The quantitative estimate of drug-likeness (QED) is 0.657. The van der Waals surface area contributed by atoms with Crippen molar-refractivity contribution in [3.8, 4) is 0 Å². The van der Waals surface area contributed by atoms with Crippen molar-refractivity contribution in [3.63, 3.8) is 0 Å². The molecule has 0 spiro atoms. The second-order valence-electron chi connectivity index (χ2n) is 7.13. The number of rotatable bonds is 4. The summed E-state index contributed by atoms with van der Waals surface area (Å²) in [7, 11) is 1.78. The van der Waals surface area contributed by atoms with Gasteiger partial charge in [-0.3, -0.25) is 9.79 Å². The number of guanidine groups is 1. The molecular weight excluding hydrogens is 324 g/mol. The van der Waals surface area contributed by atoms with Gasteiger partial charge in [0.1, 0.15) is 0 Å². The maximum absolute atomic E-state index is 12.1. The van der Waals surface area contributed by atoms with E-state index in [-0.39, 0.29) is 17.9 Å².